The van der Waals surface area contributed by atoms with Gasteiger partial charge in [-0.25, -0.2) is 4.98 Å². The molecular formula is C10H15N3S. The van der Waals surface area contributed by atoms with Gasteiger partial charge in [-0.2, -0.15) is 4.37 Å². The van der Waals surface area contributed by atoms with Crippen LogP contribution in [0.1, 0.15) is 33.0 Å². The number of hydrogen-bond donors (Lipinski definition) is 1. The Kier molecular flexibility index (Phi) is 3.48. The van der Waals surface area contributed by atoms with E-state index in [9.17, 15) is 0 Å². The lowest BCUT2D eigenvalue weighted by Crippen LogP contribution is -2.28. The Morgan fingerprint density at radius 2 is 2.29 bits per heavy atom. The lowest BCUT2D eigenvalue weighted by atomic mass is 10.1. The highest BCUT2D eigenvalue weighted by Crippen LogP contribution is 2.17. The van der Waals surface area contributed by atoms with E-state index in [0.717, 1.165) is 23.8 Å². The monoisotopic (exact) mass is 209 g/mol. The molecule has 0 radical (unpaired) electrons. The maximum absolute atomic E-state index is 5.36. The van der Waals surface area contributed by atoms with Gasteiger partial charge in [-0.1, -0.05) is 12.8 Å². The Bertz CT molecular complexity index is 335. The summed E-state index contributed by atoms with van der Waals surface area (Å²) >= 11 is 1.36. The van der Waals surface area contributed by atoms with Crippen LogP contribution in [0.3, 0.4) is 0 Å². The Morgan fingerprint density at radius 1 is 1.57 bits per heavy atom. The molecule has 0 atom stereocenters. The zero-order valence-electron chi connectivity index (χ0n) is 8.79. The van der Waals surface area contributed by atoms with Crippen LogP contribution in [0.25, 0.3) is 0 Å². The normalized spacial score (nSPS) is 11.0. The Hall–Kier alpha value is -1.08. The second kappa shape index (κ2) is 4.43. The summed E-state index contributed by atoms with van der Waals surface area (Å²) in [5.74, 6) is 3.55. The first kappa shape index (κ1) is 11.0. The summed E-state index contributed by atoms with van der Waals surface area (Å²) in [5, 5.41) is 3.96. The van der Waals surface area contributed by atoms with Gasteiger partial charge in [-0.05, 0) is 20.3 Å². The fraction of sp³-hybridized carbons (Fsp3) is 0.600. The number of anilines is 1. The number of nitrogens with zero attached hydrogens (tertiary/aromatic N) is 2. The average molecular weight is 209 g/mol. The van der Waals surface area contributed by atoms with Crippen molar-refractivity contribution in [2.75, 3.05) is 5.32 Å². The maximum atomic E-state index is 5.36. The number of rotatable bonds is 4. The van der Waals surface area contributed by atoms with Crippen LogP contribution in [-0.4, -0.2) is 14.9 Å². The Balaban J connectivity index is 2.65. The minimum absolute atomic E-state index is 0.358. The van der Waals surface area contributed by atoms with Crippen molar-refractivity contribution in [3.63, 3.8) is 0 Å². The predicted molar refractivity (Wildman–Crippen MR) is 60.4 cm³/mol. The zero-order valence-corrected chi connectivity index (χ0v) is 9.61. The topological polar surface area (TPSA) is 37.8 Å². The SMILES string of the molecule is C#CC(C)(C)Nc1nc(CCC)ns1. The van der Waals surface area contributed by atoms with Crippen molar-refractivity contribution in [1.29, 1.82) is 0 Å². The molecule has 0 aromatic carbocycles. The van der Waals surface area contributed by atoms with Gasteiger partial charge in [0, 0.05) is 18.0 Å². The maximum Gasteiger partial charge on any atom is 0.203 e. The molecule has 0 saturated heterocycles. The van der Waals surface area contributed by atoms with E-state index < -0.39 is 0 Å². The van der Waals surface area contributed by atoms with E-state index in [-0.39, 0.29) is 5.54 Å². The minimum Gasteiger partial charge on any atom is -0.345 e. The van der Waals surface area contributed by atoms with E-state index >= 15 is 0 Å². The fourth-order valence-corrected chi connectivity index (χ4v) is 1.70. The first-order valence-electron chi connectivity index (χ1n) is 4.66. The quantitative estimate of drug-likeness (QED) is 0.773. The summed E-state index contributed by atoms with van der Waals surface area (Å²) in [7, 11) is 0. The van der Waals surface area contributed by atoms with Crippen molar-refractivity contribution >= 4 is 16.7 Å². The van der Waals surface area contributed by atoms with Gasteiger partial charge in [0.25, 0.3) is 0 Å². The molecule has 1 aromatic heterocycles. The van der Waals surface area contributed by atoms with Gasteiger partial charge in [-0.3, -0.25) is 0 Å². The standard InChI is InChI=1S/C10H15N3S/c1-5-7-8-11-9(14-13-8)12-10(3,4)6-2/h2H,5,7H2,1,3-4H3,(H,11,12,13). The molecule has 0 amide bonds. The molecule has 1 aromatic rings. The predicted octanol–water partition coefficient (Wildman–Crippen LogP) is 2.31. The summed E-state index contributed by atoms with van der Waals surface area (Å²) in [6.07, 6.45) is 7.35. The lowest BCUT2D eigenvalue weighted by Gasteiger charge is -2.17. The lowest BCUT2D eigenvalue weighted by molar-refractivity contribution is 0.738. The number of terminal acetylenes is 1. The molecule has 4 heteroatoms. The molecule has 0 bridgehead atoms. The molecule has 76 valence electrons. The van der Waals surface area contributed by atoms with Crippen molar-refractivity contribution in [1.82, 2.24) is 9.36 Å². The van der Waals surface area contributed by atoms with Crippen molar-refractivity contribution < 1.29 is 0 Å². The van der Waals surface area contributed by atoms with Gasteiger partial charge in [0.1, 0.15) is 5.82 Å². The Morgan fingerprint density at radius 3 is 2.86 bits per heavy atom. The highest BCUT2D eigenvalue weighted by molar-refractivity contribution is 7.09. The van der Waals surface area contributed by atoms with Crippen LogP contribution < -0.4 is 5.32 Å². The van der Waals surface area contributed by atoms with Gasteiger partial charge < -0.3 is 5.32 Å². The van der Waals surface area contributed by atoms with Crippen molar-refractivity contribution in [3.8, 4) is 12.3 Å². The van der Waals surface area contributed by atoms with Crippen molar-refractivity contribution in [2.45, 2.75) is 39.2 Å². The third-order valence-corrected chi connectivity index (χ3v) is 2.39. The van der Waals surface area contributed by atoms with Gasteiger partial charge >= 0.3 is 0 Å². The summed E-state index contributed by atoms with van der Waals surface area (Å²) in [4.78, 5) is 4.33. The number of hydrogen-bond acceptors (Lipinski definition) is 4. The van der Waals surface area contributed by atoms with E-state index in [0.29, 0.717) is 0 Å². The van der Waals surface area contributed by atoms with Crippen LogP contribution in [0.4, 0.5) is 5.13 Å². The highest BCUT2D eigenvalue weighted by Gasteiger charge is 2.15. The van der Waals surface area contributed by atoms with Crippen molar-refractivity contribution in [2.24, 2.45) is 0 Å². The first-order chi connectivity index (χ1) is 6.57. The number of aromatic nitrogens is 2. The molecule has 3 nitrogen and oxygen atoms in total. The molecule has 0 aliphatic rings. The second-order valence-corrected chi connectivity index (χ2v) is 4.41. The molecule has 0 spiro atoms. The van der Waals surface area contributed by atoms with Crippen LogP contribution in [0.15, 0.2) is 0 Å². The summed E-state index contributed by atoms with van der Waals surface area (Å²) < 4.78 is 4.22. The average Bonchev–Trinajstić information content (AvgIpc) is 2.53. The van der Waals surface area contributed by atoms with E-state index in [1.165, 1.54) is 11.5 Å². The molecule has 0 unspecified atom stereocenters. The molecule has 0 saturated carbocycles. The highest BCUT2D eigenvalue weighted by atomic mass is 32.1. The molecule has 1 rings (SSSR count). The number of nitrogens with one attached hydrogen (secondary N) is 1. The molecule has 0 aliphatic heterocycles. The molecule has 1 heterocycles. The number of aryl methyl sites for hydroxylation is 1. The van der Waals surface area contributed by atoms with Crippen LogP contribution >= 0.6 is 11.5 Å². The second-order valence-electron chi connectivity index (χ2n) is 3.66. The van der Waals surface area contributed by atoms with Gasteiger partial charge in [-0.15, -0.1) is 6.42 Å². The van der Waals surface area contributed by atoms with Crippen LogP contribution in [0.5, 0.6) is 0 Å². The summed E-state index contributed by atoms with van der Waals surface area (Å²) in [5.41, 5.74) is -0.358. The summed E-state index contributed by atoms with van der Waals surface area (Å²) in [6.45, 7) is 5.99. The Labute approximate surface area is 89.1 Å². The zero-order chi connectivity index (χ0) is 10.6. The largest absolute Gasteiger partial charge is 0.345 e. The molecular weight excluding hydrogens is 194 g/mol. The van der Waals surface area contributed by atoms with Crippen LogP contribution in [0.2, 0.25) is 0 Å². The molecule has 0 fully saturated rings. The van der Waals surface area contributed by atoms with E-state index in [1.807, 2.05) is 13.8 Å². The molecule has 0 aliphatic carbocycles. The third kappa shape index (κ3) is 3.00. The van der Waals surface area contributed by atoms with Gasteiger partial charge in [0.2, 0.25) is 5.13 Å². The smallest absolute Gasteiger partial charge is 0.203 e. The van der Waals surface area contributed by atoms with Crippen molar-refractivity contribution in [3.05, 3.63) is 5.82 Å². The van der Waals surface area contributed by atoms with Crippen LogP contribution in [-0.2, 0) is 6.42 Å². The summed E-state index contributed by atoms with van der Waals surface area (Å²) in [6, 6.07) is 0. The minimum atomic E-state index is -0.358. The fourth-order valence-electron chi connectivity index (χ4n) is 0.933. The van der Waals surface area contributed by atoms with E-state index in [1.54, 1.807) is 0 Å². The molecule has 14 heavy (non-hydrogen) atoms. The first-order valence-corrected chi connectivity index (χ1v) is 5.43. The third-order valence-electron chi connectivity index (χ3n) is 1.72. The van der Waals surface area contributed by atoms with Gasteiger partial charge in [0.05, 0.1) is 5.54 Å². The van der Waals surface area contributed by atoms with Gasteiger partial charge in [0.15, 0.2) is 0 Å². The van der Waals surface area contributed by atoms with Crippen LogP contribution in [0, 0.1) is 12.3 Å². The van der Waals surface area contributed by atoms with E-state index in [2.05, 4.69) is 27.5 Å². The van der Waals surface area contributed by atoms with E-state index in [4.69, 9.17) is 6.42 Å². The molecule has 1 N–H and O–H groups in total.